The van der Waals surface area contributed by atoms with Crippen molar-refractivity contribution in [2.45, 2.75) is 51.2 Å². The van der Waals surface area contributed by atoms with Crippen LogP contribution < -0.4 is 10.2 Å². The number of carbonyl (C=O) groups excluding carboxylic acids is 2. The highest BCUT2D eigenvalue weighted by Crippen LogP contribution is 2.26. The topological polar surface area (TPSA) is 69.6 Å². The van der Waals surface area contributed by atoms with Crippen molar-refractivity contribution in [3.63, 3.8) is 0 Å². The highest BCUT2D eigenvalue weighted by molar-refractivity contribution is 5.93. The van der Waals surface area contributed by atoms with E-state index < -0.39 is 6.10 Å². The first-order valence-electron chi connectivity index (χ1n) is 8.50. The first kappa shape index (κ1) is 16.0. The predicted molar refractivity (Wildman–Crippen MR) is 87.8 cm³/mol. The second-order valence-corrected chi connectivity index (χ2v) is 6.49. The zero-order valence-electron chi connectivity index (χ0n) is 13.3. The zero-order chi connectivity index (χ0) is 16.2. The molecule has 1 heterocycles. The van der Waals surface area contributed by atoms with Crippen LogP contribution in [0.3, 0.4) is 0 Å². The normalized spacial score (nSPS) is 24.7. The molecule has 2 fully saturated rings. The van der Waals surface area contributed by atoms with Gasteiger partial charge in [-0.05, 0) is 49.8 Å². The molecule has 5 nitrogen and oxygen atoms in total. The minimum absolute atomic E-state index is 0.0646. The molecule has 3 rings (SSSR count). The Balaban J connectivity index is 1.55. The second kappa shape index (κ2) is 7.13. The van der Waals surface area contributed by atoms with Gasteiger partial charge in [0.2, 0.25) is 11.8 Å². The molecule has 2 N–H and O–H groups in total. The first-order chi connectivity index (χ1) is 11.1. The summed E-state index contributed by atoms with van der Waals surface area (Å²) < 4.78 is 0. The van der Waals surface area contributed by atoms with Crippen molar-refractivity contribution in [2.24, 2.45) is 5.92 Å². The van der Waals surface area contributed by atoms with Gasteiger partial charge in [0.05, 0.1) is 12.0 Å². The molecule has 0 bridgehead atoms. The molecule has 1 saturated heterocycles. The third-order valence-electron chi connectivity index (χ3n) is 4.85. The van der Waals surface area contributed by atoms with Gasteiger partial charge < -0.3 is 15.3 Å². The summed E-state index contributed by atoms with van der Waals surface area (Å²) in [6, 6.07) is 7.77. The lowest BCUT2D eigenvalue weighted by molar-refractivity contribution is -0.127. The second-order valence-electron chi connectivity index (χ2n) is 6.49. The number of rotatable bonds is 4. The molecule has 1 aromatic carbocycles. The molecule has 0 spiro atoms. The summed E-state index contributed by atoms with van der Waals surface area (Å²) in [6.07, 6.45) is 4.56. The van der Waals surface area contributed by atoms with E-state index in [1.807, 2.05) is 29.2 Å². The van der Waals surface area contributed by atoms with E-state index in [9.17, 15) is 14.7 Å². The van der Waals surface area contributed by atoms with E-state index in [1.165, 1.54) is 0 Å². The maximum Gasteiger partial charge on any atom is 0.226 e. The number of hydrogen-bond donors (Lipinski definition) is 2. The van der Waals surface area contributed by atoms with Crippen LogP contribution in [0.4, 0.5) is 5.69 Å². The number of carbonyl (C=O) groups is 2. The van der Waals surface area contributed by atoms with Gasteiger partial charge in [0.25, 0.3) is 0 Å². The lowest BCUT2D eigenvalue weighted by Gasteiger charge is -2.26. The van der Waals surface area contributed by atoms with Gasteiger partial charge in [0, 0.05) is 25.2 Å². The maximum atomic E-state index is 12.1. The first-order valence-corrected chi connectivity index (χ1v) is 8.50. The largest absolute Gasteiger partial charge is 0.392 e. The summed E-state index contributed by atoms with van der Waals surface area (Å²) in [7, 11) is 0. The molecule has 2 aliphatic rings. The minimum atomic E-state index is -0.498. The molecule has 1 aliphatic heterocycles. The number of nitrogens with one attached hydrogen (secondary N) is 1. The van der Waals surface area contributed by atoms with Crippen LogP contribution in [0.25, 0.3) is 0 Å². The quantitative estimate of drug-likeness (QED) is 0.892. The fourth-order valence-corrected chi connectivity index (χ4v) is 3.44. The molecule has 0 aromatic heterocycles. The van der Waals surface area contributed by atoms with Gasteiger partial charge in [-0.1, -0.05) is 12.1 Å². The summed E-state index contributed by atoms with van der Waals surface area (Å²) >= 11 is 0. The fourth-order valence-electron chi connectivity index (χ4n) is 3.44. The summed E-state index contributed by atoms with van der Waals surface area (Å²) in [4.78, 5) is 25.8. The molecule has 2 unspecified atom stereocenters. The molecule has 1 aromatic rings. The lowest BCUT2D eigenvalue weighted by atomic mass is 10.0. The highest BCUT2D eigenvalue weighted by atomic mass is 16.3. The van der Waals surface area contributed by atoms with Gasteiger partial charge >= 0.3 is 0 Å². The lowest BCUT2D eigenvalue weighted by Crippen LogP contribution is -2.35. The number of nitrogens with zero attached hydrogens (tertiary/aromatic N) is 1. The van der Waals surface area contributed by atoms with Gasteiger partial charge in [-0.3, -0.25) is 9.59 Å². The van der Waals surface area contributed by atoms with Crippen LogP contribution in [0.5, 0.6) is 0 Å². The number of aliphatic hydroxyl groups is 1. The van der Waals surface area contributed by atoms with E-state index >= 15 is 0 Å². The van der Waals surface area contributed by atoms with Gasteiger partial charge in [0.15, 0.2) is 0 Å². The minimum Gasteiger partial charge on any atom is -0.392 e. The molecule has 1 aliphatic carbocycles. The van der Waals surface area contributed by atoms with Gasteiger partial charge in [0.1, 0.15) is 0 Å². The highest BCUT2D eigenvalue weighted by Gasteiger charge is 2.31. The number of benzene rings is 1. The van der Waals surface area contributed by atoms with Gasteiger partial charge in [-0.2, -0.15) is 0 Å². The summed E-state index contributed by atoms with van der Waals surface area (Å²) in [6.45, 7) is 1.24. The molecule has 124 valence electrons. The molecule has 2 amide bonds. The Bertz CT molecular complexity index is 570. The van der Waals surface area contributed by atoms with Crippen LogP contribution in [0.1, 0.15) is 44.1 Å². The number of amides is 2. The Labute approximate surface area is 136 Å². The van der Waals surface area contributed by atoms with Crippen LogP contribution >= 0.6 is 0 Å². The molecular formula is C18H24N2O3. The number of anilines is 1. The van der Waals surface area contributed by atoms with Crippen molar-refractivity contribution >= 4 is 17.5 Å². The van der Waals surface area contributed by atoms with Gasteiger partial charge in [-0.15, -0.1) is 0 Å². The molecule has 5 heteroatoms. The van der Waals surface area contributed by atoms with Crippen LogP contribution in [-0.4, -0.2) is 29.6 Å². The molecular weight excluding hydrogens is 292 g/mol. The average Bonchev–Trinajstić information content (AvgIpc) is 3.00. The van der Waals surface area contributed by atoms with Crippen molar-refractivity contribution in [3.8, 4) is 0 Å². The summed E-state index contributed by atoms with van der Waals surface area (Å²) in [5, 5.41) is 12.7. The summed E-state index contributed by atoms with van der Waals surface area (Å²) in [5.74, 6) is -0.141. The Hall–Kier alpha value is -1.88. The van der Waals surface area contributed by atoms with E-state index in [-0.39, 0.29) is 17.7 Å². The predicted octanol–water partition coefficient (Wildman–Crippen LogP) is 1.98. The van der Waals surface area contributed by atoms with Crippen LogP contribution in [0.2, 0.25) is 0 Å². The van der Waals surface area contributed by atoms with E-state index in [1.54, 1.807) is 0 Å². The van der Waals surface area contributed by atoms with Crippen molar-refractivity contribution in [1.29, 1.82) is 0 Å². The standard InChI is InChI=1S/C18H24N2O3/c21-16-5-3-4-15(16)18(23)19-12-13-7-9-14(10-8-13)20-11-2-1-6-17(20)22/h7-10,15-16,21H,1-6,11-12H2,(H,19,23). The van der Waals surface area contributed by atoms with E-state index in [0.717, 1.165) is 49.9 Å². The number of piperidine rings is 1. The summed E-state index contributed by atoms with van der Waals surface area (Å²) in [5.41, 5.74) is 1.93. The molecule has 0 radical (unpaired) electrons. The van der Waals surface area contributed by atoms with E-state index in [2.05, 4.69) is 5.32 Å². The van der Waals surface area contributed by atoms with E-state index in [4.69, 9.17) is 0 Å². The van der Waals surface area contributed by atoms with Crippen LogP contribution in [0, 0.1) is 5.92 Å². The Morgan fingerprint density at radius 3 is 2.61 bits per heavy atom. The number of hydrogen-bond acceptors (Lipinski definition) is 3. The Morgan fingerprint density at radius 2 is 1.96 bits per heavy atom. The smallest absolute Gasteiger partial charge is 0.226 e. The SMILES string of the molecule is O=C(NCc1ccc(N2CCCCC2=O)cc1)C1CCCC1O. The maximum absolute atomic E-state index is 12.1. The molecule has 23 heavy (non-hydrogen) atoms. The third kappa shape index (κ3) is 3.72. The Morgan fingerprint density at radius 1 is 1.17 bits per heavy atom. The molecule has 1 saturated carbocycles. The van der Waals surface area contributed by atoms with E-state index in [0.29, 0.717) is 13.0 Å². The van der Waals surface area contributed by atoms with Crippen LogP contribution in [0.15, 0.2) is 24.3 Å². The van der Waals surface area contributed by atoms with Gasteiger partial charge in [-0.25, -0.2) is 0 Å². The molecule has 2 atom stereocenters. The monoisotopic (exact) mass is 316 g/mol. The zero-order valence-corrected chi connectivity index (χ0v) is 13.3. The van der Waals surface area contributed by atoms with Crippen molar-refractivity contribution in [1.82, 2.24) is 5.32 Å². The van der Waals surface area contributed by atoms with Crippen molar-refractivity contribution < 1.29 is 14.7 Å². The third-order valence-corrected chi connectivity index (χ3v) is 4.85. The fraction of sp³-hybridized carbons (Fsp3) is 0.556. The average molecular weight is 316 g/mol. The number of aliphatic hydroxyl groups excluding tert-OH is 1. The van der Waals surface area contributed by atoms with Crippen molar-refractivity contribution in [3.05, 3.63) is 29.8 Å². The van der Waals surface area contributed by atoms with Crippen LogP contribution in [-0.2, 0) is 16.1 Å². The Kier molecular flexibility index (Phi) is 4.96. The van der Waals surface area contributed by atoms with Crippen molar-refractivity contribution in [2.75, 3.05) is 11.4 Å².